The Bertz CT molecular complexity index is 294. The van der Waals surface area contributed by atoms with Crippen LogP contribution in [0.4, 0.5) is 13.2 Å². The van der Waals surface area contributed by atoms with Crippen molar-refractivity contribution < 1.29 is 22.7 Å². The van der Waals surface area contributed by atoms with E-state index in [2.05, 4.69) is 13.8 Å². The highest BCUT2D eigenvalue weighted by molar-refractivity contribution is 7.99. The van der Waals surface area contributed by atoms with Crippen molar-refractivity contribution in [1.29, 1.82) is 0 Å². The van der Waals surface area contributed by atoms with Gasteiger partial charge in [-0.2, -0.15) is 24.9 Å². The van der Waals surface area contributed by atoms with Crippen molar-refractivity contribution in [2.24, 2.45) is 5.92 Å². The third-order valence-electron chi connectivity index (χ3n) is 3.29. The molecule has 6 heteroatoms. The Morgan fingerprint density at radius 2 is 1.77 bits per heavy atom. The molecule has 0 rings (SSSR count). The van der Waals surface area contributed by atoms with Crippen molar-refractivity contribution >= 4 is 17.7 Å². The van der Waals surface area contributed by atoms with E-state index in [1.165, 1.54) is 0 Å². The van der Waals surface area contributed by atoms with Crippen molar-refractivity contribution in [2.75, 3.05) is 12.4 Å². The molecule has 2 nitrogen and oxygen atoms in total. The molecule has 0 aliphatic carbocycles. The predicted molar refractivity (Wildman–Crippen MR) is 86.1 cm³/mol. The second-order valence-electron chi connectivity index (χ2n) is 5.87. The Kier molecular flexibility index (Phi) is 11.9. The van der Waals surface area contributed by atoms with Crippen LogP contribution in [0.15, 0.2) is 0 Å². The van der Waals surface area contributed by atoms with Gasteiger partial charge in [0.05, 0.1) is 0 Å². The van der Waals surface area contributed by atoms with Crippen LogP contribution in [0.1, 0.15) is 65.7 Å². The molecule has 0 radical (unpaired) electrons. The minimum atomic E-state index is -4.03. The molecule has 0 amide bonds. The fourth-order valence-corrected chi connectivity index (χ4v) is 3.12. The van der Waals surface area contributed by atoms with E-state index in [-0.39, 0.29) is 17.6 Å². The number of hydrogen-bond donors (Lipinski definition) is 0. The number of unbranched alkanes of at least 4 members (excludes halogenated alkanes) is 3. The number of esters is 1. The summed E-state index contributed by atoms with van der Waals surface area (Å²) in [6.07, 6.45) is -0.889. The molecule has 0 aromatic carbocycles. The third-order valence-corrected chi connectivity index (χ3v) is 4.93. The van der Waals surface area contributed by atoms with E-state index in [4.69, 9.17) is 4.74 Å². The fraction of sp³-hybridized carbons (Fsp3) is 0.938. The number of carbonyl (C=O) groups excluding carboxylic acids is 1. The molecule has 0 heterocycles. The van der Waals surface area contributed by atoms with Gasteiger partial charge in [-0.3, -0.25) is 4.79 Å². The molecule has 0 saturated carbocycles. The fourth-order valence-electron chi connectivity index (χ4n) is 1.90. The van der Waals surface area contributed by atoms with Crippen molar-refractivity contribution in [3.8, 4) is 0 Å². The van der Waals surface area contributed by atoms with E-state index in [1.54, 1.807) is 11.8 Å². The zero-order chi connectivity index (χ0) is 17.0. The van der Waals surface area contributed by atoms with Crippen LogP contribution in [0.25, 0.3) is 0 Å². The Morgan fingerprint density at radius 3 is 2.32 bits per heavy atom. The Morgan fingerprint density at radius 1 is 1.14 bits per heavy atom. The standard InChI is InChI=1S/C16H29F3O2S/c1-4-9-15(20)21-12-14(13(2)3)22-11-8-6-5-7-10-16(17,18)19/h13-14H,4-12H2,1-3H3. The van der Waals surface area contributed by atoms with Crippen LogP contribution < -0.4 is 0 Å². The van der Waals surface area contributed by atoms with Crippen LogP contribution in [0.5, 0.6) is 0 Å². The van der Waals surface area contributed by atoms with Gasteiger partial charge in [0.2, 0.25) is 0 Å². The summed E-state index contributed by atoms with van der Waals surface area (Å²) in [4.78, 5) is 11.4. The number of ether oxygens (including phenoxy) is 1. The lowest BCUT2D eigenvalue weighted by molar-refractivity contribution is -0.143. The van der Waals surface area contributed by atoms with Crippen LogP contribution in [0, 0.1) is 5.92 Å². The molecule has 0 aromatic rings. The maximum atomic E-state index is 12.0. The van der Waals surface area contributed by atoms with Gasteiger partial charge >= 0.3 is 12.1 Å². The van der Waals surface area contributed by atoms with Gasteiger partial charge < -0.3 is 4.74 Å². The lowest BCUT2D eigenvalue weighted by Crippen LogP contribution is -2.21. The van der Waals surface area contributed by atoms with E-state index in [0.29, 0.717) is 25.4 Å². The quantitative estimate of drug-likeness (QED) is 0.341. The monoisotopic (exact) mass is 342 g/mol. The predicted octanol–water partition coefficient (Wildman–Crippen LogP) is 5.60. The molecule has 0 saturated heterocycles. The lowest BCUT2D eigenvalue weighted by Gasteiger charge is -2.20. The highest BCUT2D eigenvalue weighted by Gasteiger charge is 2.25. The van der Waals surface area contributed by atoms with Crippen LogP contribution in [-0.4, -0.2) is 29.8 Å². The van der Waals surface area contributed by atoms with Gasteiger partial charge in [-0.15, -0.1) is 0 Å². The average Bonchev–Trinajstić information content (AvgIpc) is 2.39. The van der Waals surface area contributed by atoms with Crippen molar-refractivity contribution in [1.82, 2.24) is 0 Å². The van der Waals surface area contributed by atoms with Crippen molar-refractivity contribution in [3.05, 3.63) is 0 Å². The first kappa shape index (κ1) is 21.6. The summed E-state index contributed by atoms with van der Waals surface area (Å²) < 4.78 is 41.2. The molecule has 1 unspecified atom stereocenters. The van der Waals surface area contributed by atoms with E-state index < -0.39 is 12.6 Å². The number of alkyl halides is 3. The maximum Gasteiger partial charge on any atom is 0.389 e. The van der Waals surface area contributed by atoms with Crippen LogP contribution in [0.3, 0.4) is 0 Å². The summed E-state index contributed by atoms with van der Waals surface area (Å²) >= 11 is 1.75. The van der Waals surface area contributed by atoms with Gasteiger partial charge in [0.15, 0.2) is 0 Å². The van der Waals surface area contributed by atoms with Crippen LogP contribution >= 0.6 is 11.8 Å². The number of thioether (sulfide) groups is 1. The van der Waals surface area contributed by atoms with E-state index in [0.717, 1.165) is 25.0 Å². The molecule has 0 aliphatic heterocycles. The molecule has 1 atom stereocenters. The largest absolute Gasteiger partial charge is 0.464 e. The van der Waals surface area contributed by atoms with Crippen molar-refractivity contribution in [3.63, 3.8) is 0 Å². The summed E-state index contributed by atoms with van der Waals surface area (Å²) in [5.41, 5.74) is 0. The van der Waals surface area contributed by atoms with Crippen LogP contribution in [0.2, 0.25) is 0 Å². The smallest absolute Gasteiger partial charge is 0.389 e. The highest BCUT2D eigenvalue weighted by atomic mass is 32.2. The molecular formula is C16H29F3O2S. The maximum absolute atomic E-state index is 12.0. The molecule has 0 N–H and O–H groups in total. The molecule has 0 fully saturated rings. The topological polar surface area (TPSA) is 26.3 Å². The van der Waals surface area contributed by atoms with E-state index in [1.807, 2.05) is 6.92 Å². The number of carbonyl (C=O) groups is 1. The summed E-state index contributed by atoms with van der Waals surface area (Å²) in [6.45, 7) is 6.55. The third kappa shape index (κ3) is 13.3. The zero-order valence-corrected chi connectivity index (χ0v) is 14.7. The van der Waals surface area contributed by atoms with Crippen molar-refractivity contribution in [2.45, 2.75) is 77.1 Å². The molecule has 22 heavy (non-hydrogen) atoms. The Hall–Kier alpha value is -0.390. The Labute approximate surface area is 136 Å². The van der Waals surface area contributed by atoms with Gasteiger partial charge in [-0.1, -0.05) is 33.6 Å². The average molecular weight is 342 g/mol. The molecule has 0 aliphatic rings. The van der Waals surface area contributed by atoms with Gasteiger partial charge in [0, 0.05) is 18.1 Å². The first-order valence-electron chi connectivity index (χ1n) is 8.10. The SMILES string of the molecule is CCCC(=O)OCC(SCCCCCCC(F)(F)F)C(C)C. The lowest BCUT2D eigenvalue weighted by atomic mass is 10.1. The molecule has 0 aromatic heterocycles. The summed E-state index contributed by atoms with van der Waals surface area (Å²) in [5, 5.41) is 0.260. The van der Waals surface area contributed by atoms with Crippen LogP contribution in [-0.2, 0) is 9.53 Å². The summed E-state index contributed by atoms with van der Waals surface area (Å²) in [5.74, 6) is 1.16. The molecule has 132 valence electrons. The number of rotatable bonds is 12. The van der Waals surface area contributed by atoms with Gasteiger partial charge in [0.25, 0.3) is 0 Å². The molecule has 0 bridgehead atoms. The second kappa shape index (κ2) is 12.1. The summed E-state index contributed by atoms with van der Waals surface area (Å²) in [7, 11) is 0. The molecule has 0 spiro atoms. The first-order chi connectivity index (χ1) is 10.3. The minimum absolute atomic E-state index is 0.152. The van der Waals surface area contributed by atoms with Gasteiger partial charge in [0.1, 0.15) is 6.61 Å². The highest BCUT2D eigenvalue weighted by Crippen LogP contribution is 2.24. The molecular weight excluding hydrogens is 313 g/mol. The first-order valence-corrected chi connectivity index (χ1v) is 9.15. The van der Waals surface area contributed by atoms with Gasteiger partial charge in [-0.25, -0.2) is 0 Å². The van der Waals surface area contributed by atoms with E-state index >= 15 is 0 Å². The van der Waals surface area contributed by atoms with E-state index in [9.17, 15) is 18.0 Å². The zero-order valence-electron chi connectivity index (χ0n) is 13.9. The van der Waals surface area contributed by atoms with Gasteiger partial charge in [-0.05, 0) is 30.9 Å². The summed E-state index contributed by atoms with van der Waals surface area (Å²) in [6, 6.07) is 0. The second-order valence-corrected chi connectivity index (χ2v) is 7.21. The minimum Gasteiger partial charge on any atom is -0.464 e. The number of hydrogen-bond acceptors (Lipinski definition) is 3. The number of halogens is 3. The Balaban J connectivity index is 3.72. The normalized spacial score (nSPS) is 13.4.